The molecule has 11 nitrogen and oxygen atoms in total. The summed E-state index contributed by atoms with van der Waals surface area (Å²) >= 11 is 0. The number of carbonyl (C=O) groups excluding carboxylic acids is 2. The number of unbranched alkanes of at least 4 members (excludes halogenated alkanes) is 38. The number of rotatable bonds is 56. The monoisotopic (exact) mass is 1090 g/mol. The Morgan fingerprint density at radius 3 is 1.35 bits per heavy atom. The average Bonchev–Trinajstić information content (AvgIpc) is 3.43. The van der Waals surface area contributed by atoms with Crippen LogP contribution in [0.3, 0.4) is 0 Å². The van der Waals surface area contributed by atoms with Crippen LogP contribution in [0.15, 0.2) is 36.5 Å². The van der Waals surface area contributed by atoms with Crippen LogP contribution < -0.4 is 5.32 Å². The molecule has 1 saturated heterocycles. The molecule has 1 amide bonds. The molecule has 1 rings (SSSR count). The van der Waals surface area contributed by atoms with Crippen molar-refractivity contribution in [1.82, 2.24) is 5.32 Å². The Hall–Kier alpha value is -2.12. The molecule has 77 heavy (non-hydrogen) atoms. The number of hydrogen-bond donors (Lipinski definition) is 6. The van der Waals surface area contributed by atoms with Gasteiger partial charge in [0.15, 0.2) is 12.4 Å². The van der Waals surface area contributed by atoms with Gasteiger partial charge in [-0.2, -0.15) is 0 Å². The van der Waals surface area contributed by atoms with E-state index in [-0.39, 0.29) is 13.0 Å². The number of amides is 1. The molecule has 1 fully saturated rings. The van der Waals surface area contributed by atoms with Crippen molar-refractivity contribution in [3.63, 3.8) is 0 Å². The highest BCUT2D eigenvalue weighted by Crippen LogP contribution is 2.26. The predicted molar refractivity (Wildman–Crippen MR) is 320 cm³/mol. The molecule has 0 radical (unpaired) electrons. The van der Waals surface area contributed by atoms with Crippen LogP contribution in [0.5, 0.6) is 0 Å². The van der Waals surface area contributed by atoms with Gasteiger partial charge in [0.05, 0.1) is 25.4 Å². The summed E-state index contributed by atoms with van der Waals surface area (Å²) in [5.74, 6) is -1.19. The molecule has 0 aromatic rings. The minimum absolute atomic E-state index is 0.117. The SMILES string of the molecule is CCCCC/C=C\C/C=C\CCCCCCCCCC(=O)OC1C(OCC(NC(=O)C(O)CCCCCCCCCCCCCCCCCCCCCC)C(O)/C=C/CCCCCCCCCCC)OC(CO)C(O)C1O. The highest BCUT2D eigenvalue weighted by Gasteiger charge is 2.47. The van der Waals surface area contributed by atoms with Gasteiger partial charge in [-0.25, -0.2) is 0 Å². The molecule has 8 atom stereocenters. The Labute approximate surface area is 473 Å². The molecule has 11 heteroatoms. The minimum Gasteiger partial charge on any atom is -0.454 e. The van der Waals surface area contributed by atoms with Gasteiger partial charge in [0.2, 0.25) is 5.91 Å². The Balaban J connectivity index is 2.62. The molecule has 452 valence electrons. The molecule has 6 N–H and O–H groups in total. The van der Waals surface area contributed by atoms with Crippen molar-refractivity contribution in [2.45, 2.75) is 359 Å². The van der Waals surface area contributed by atoms with Crippen LogP contribution >= 0.6 is 0 Å². The summed E-state index contributed by atoms with van der Waals surface area (Å²) in [6, 6.07) is -1.02. The van der Waals surface area contributed by atoms with Crippen LogP contribution in [-0.4, -0.2) is 99.6 Å². The first-order chi connectivity index (χ1) is 37.7. The van der Waals surface area contributed by atoms with Crippen molar-refractivity contribution in [2.75, 3.05) is 13.2 Å². The fourth-order valence-corrected chi connectivity index (χ4v) is 10.3. The van der Waals surface area contributed by atoms with E-state index in [1.54, 1.807) is 6.08 Å². The van der Waals surface area contributed by atoms with Crippen LogP contribution in [0.25, 0.3) is 0 Å². The summed E-state index contributed by atoms with van der Waals surface area (Å²) in [4.78, 5) is 26.6. The number of hydrogen-bond acceptors (Lipinski definition) is 10. The van der Waals surface area contributed by atoms with Crippen molar-refractivity contribution in [1.29, 1.82) is 0 Å². The lowest BCUT2D eigenvalue weighted by Gasteiger charge is -2.41. The second-order valence-corrected chi connectivity index (χ2v) is 22.9. The van der Waals surface area contributed by atoms with E-state index in [1.807, 2.05) is 6.08 Å². The van der Waals surface area contributed by atoms with Crippen molar-refractivity contribution in [2.24, 2.45) is 0 Å². The van der Waals surface area contributed by atoms with E-state index in [9.17, 15) is 35.1 Å². The molecular weight excluding hydrogens is 967 g/mol. The Morgan fingerprint density at radius 1 is 0.506 bits per heavy atom. The quantitative estimate of drug-likeness (QED) is 0.0195. The molecule has 0 aromatic heterocycles. The van der Waals surface area contributed by atoms with Crippen LogP contribution in [0.1, 0.15) is 310 Å². The Kier molecular flexibility index (Phi) is 51.6. The van der Waals surface area contributed by atoms with Gasteiger partial charge in [-0.05, 0) is 57.8 Å². The van der Waals surface area contributed by atoms with Gasteiger partial charge >= 0.3 is 5.97 Å². The first-order valence-electron chi connectivity index (χ1n) is 32.8. The van der Waals surface area contributed by atoms with E-state index >= 15 is 0 Å². The third-order valence-corrected chi connectivity index (χ3v) is 15.5. The van der Waals surface area contributed by atoms with Crippen molar-refractivity contribution in [3.05, 3.63) is 36.5 Å². The van der Waals surface area contributed by atoms with Gasteiger partial charge in [0, 0.05) is 6.42 Å². The summed E-state index contributed by atoms with van der Waals surface area (Å²) in [6.45, 7) is 5.79. The lowest BCUT2D eigenvalue weighted by Crippen LogP contribution is -2.61. The largest absolute Gasteiger partial charge is 0.454 e. The maximum Gasteiger partial charge on any atom is 0.306 e. The number of esters is 1. The van der Waals surface area contributed by atoms with Gasteiger partial charge in [-0.1, -0.05) is 282 Å². The van der Waals surface area contributed by atoms with E-state index in [2.05, 4.69) is 50.4 Å². The number of nitrogens with one attached hydrogen (secondary N) is 1. The van der Waals surface area contributed by atoms with Crippen LogP contribution in [0.4, 0.5) is 0 Å². The number of allylic oxidation sites excluding steroid dienone is 5. The molecule has 1 heterocycles. The van der Waals surface area contributed by atoms with Crippen molar-refractivity contribution < 1.29 is 49.3 Å². The number of carbonyl (C=O) groups is 2. The van der Waals surface area contributed by atoms with Gasteiger partial charge in [-0.15, -0.1) is 0 Å². The molecule has 0 saturated carbocycles. The van der Waals surface area contributed by atoms with E-state index in [4.69, 9.17) is 14.2 Å². The number of ether oxygens (including phenoxy) is 3. The van der Waals surface area contributed by atoms with Crippen molar-refractivity contribution in [3.8, 4) is 0 Å². The van der Waals surface area contributed by atoms with E-state index < -0.39 is 67.4 Å². The summed E-state index contributed by atoms with van der Waals surface area (Å²) in [5, 5.41) is 57.0. The maximum absolute atomic E-state index is 13.4. The topological polar surface area (TPSA) is 175 Å². The zero-order valence-corrected chi connectivity index (χ0v) is 50.1. The lowest BCUT2D eigenvalue weighted by atomic mass is 9.99. The second-order valence-electron chi connectivity index (χ2n) is 22.9. The number of aliphatic hydroxyl groups excluding tert-OH is 5. The van der Waals surface area contributed by atoms with E-state index in [1.165, 1.54) is 186 Å². The maximum atomic E-state index is 13.4. The average molecular weight is 1090 g/mol. The first kappa shape index (κ1) is 72.9. The lowest BCUT2D eigenvalue weighted by molar-refractivity contribution is -0.305. The Morgan fingerprint density at radius 2 is 0.896 bits per heavy atom. The summed E-state index contributed by atoms with van der Waals surface area (Å²) < 4.78 is 17.6. The van der Waals surface area contributed by atoms with Crippen molar-refractivity contribution >= 4 is 11.9 Å². The normalized spacial score (nSPS) is 19.2. The smallest absolute Gasteiger partial charge is 0.306 e. The highest BCUT2D eigenvalue weighted by atomic mass is 16.7. The fraction of sp³-hybridized carbons (Fsp3) is 0.879. The van der Waals surface area contributed by atoms with E-state index in [0.717, 1.165) is 77.0 Å². The van der Waals surface area contributed by atoms with Gasteiger partial charge in [0.1, 0.15) is 24.4 Å². The molecule has 0 bridgehead atoms. The molecule has 0 aromatic carbocycles. The van der Waals surface area contributed by atoms with Crippen LogP contribution in [0, 0.1) is 0 Å². The van der Waals surface area contributed by atoms with Gasteiger partial charge < -0.3 is 45.1 Å². The summed E-state index contributed by atoms with van der Waals surface area (Å²) in [7, 11) is 0. The standard InChI is InChI=1S/C66H123NO10/c1-4-7-10-13-16-19-22-24-26-28-29-30-32-33-35-38-41-44-47-50-53-59(70)65(74)67-57(58(69)52-49-46-43-40-37-21-18-15-12-9-6-3)56-75-66-64(63(73)62(72)60(55-68)76-66)77-61(71)54-51-48-45-42-39-36-34-31-27-25-23-20-17-14-11-8-5-2/h17,20,25,27,49,52,57-60,62-64,66,68-70,72-73H,4-16,18-19,21-24,26,28-48,50-51,53-56H2,1-3H3,(H,67,74)/b20-17-,27-25-,52-49+. The molecule has 8 unspecified atom stereocenters. The molecule has 1 aliphatic rings. The second kappa shape index (κ2) is 54.5. The van der Waals surface area contributed by atoms with Crippen LogP contribution in [0.2, 0.25) is 0 Å². The van der Waals surface area contributed by atoms with Crippen LogP contribution in [-0.2, 0) is 23.8 Å². The molecule has 1 aliphatic heterocycles. The third-order valence-electron chi connectivity index (χ3n) is 15.5. The fourth-order valence-electron chi connectivity index (χ4n) is 10.3. The zero-order valence-electron chi connectivity index (χ0n) is 50.1. The third kappa shape index (κ3) is 42.4. The highest BCUT2D eigenvalue weighted by molar-refractivity contribution is 5.80. The first-order valence-corrected chi connectivity index (χ1v) is 32.8. The molecule has 0 spiro atoms. The molecule has 0 aliphatic carbocycles. The molecular formula is C66H123NO10. The summed E-state index contributed by atoms with van der Waals surface area (Å²) in [5.41, 5.74) is 0. The number of aliphatic hydroxyl groups is 5. The minimum atomic E-state index is -1.61. The van der Waals surface area contributed by atoms with Gasteiger partial charge in [-0.3, -0.25) is 9.59 Å². The Bertz CT molecular complexity index is 1390. The summed E-state index contributed by atoms with van der Waals surface area (Å²) in [6.07, 6.45) is 54.7. The zero-order chi connectivity index (χ0) is 56.1. The predicted octanol–water partition coefficient (Wildman–Crippen LogP) is 15.8. The van der Waals surface area contributed by atoms with Gasteiger partial charge in [0.25, 0.3) is 0 Å². The van der Waals surface area contributed by atoms with E-state index in [0.29, 0.717) is 19.3 Å².